The molecular formula is C31H35N3O5. The summed E-state index contributed by atoms with van der Waals surface area (Å²) in [6.07, 6.45) is 0.189. The summed E-state index contributed by atoms with van der Waals surface area (Å²) in [6, 6.07) is 23.1. The van der Waals surface area contributed by atoms with Crippen molar-refractivity contribution in [1.82, 2.24) is 5.32 Å². The molecule has 8 nitrogen and oxygen atoms in total. The van der Waals surface area contributed by atoms with E-state index in [4.69, 9.17) is 24.2 Å². The Balaban J connectivity index is 1.25. The van der Waals surface area contributed by atoms with Crippen molar-refractivity contribution < 1.29 is 24.1 Å². The number of hydrogen-bond donors (Lipinski definition) is 2. The molecule has 0 radical (unpaired) electrons. The minimum atomic E-state index is -0.573. The number of nitrogens with one attached hydrogen (secondary N) is 1. The van der Waals surface area contributed by atoms with Gasteiger partial charge >= 0.3 is 0 Å². The summed E-state index contributed by atoms with van der Waals surface area (Å²) in [5.41, 5.74) is 3.70. The van der Waals surface area contributed by atoms with Gasteiger partial charge in [-0.2, -0.15) is 5.26 Å². The van der Waals surface area contributed by atoms with E-state index in [1.165, 1.54) is 0 Å². The maximum Gasteiger partial charge on any atom is 0.142 e. The lowest BCUT2D eigenvalue weighted by Crippen LogP contribution is -2.49. The van der Waals surface area contributed by atoms with Crippen molar-refractivity contribution in [2.24, 2.45) is 0 Å². The van der Waals surface area contributed by atoms with E-state index >= 15 is 0 Å². The van der Waals surface area contributed by atoms with Gasteiger partial charge in [-0.25, -0.2) is 0 Å². The molecule has 2 heterocycles. The van der Waals surface area contributed by atoms with Crippen molar-refractivity contribution in [3.8, 4) is 23.3 Å². The summed E-state index contributed by atoms with van der Waals surface area (Å²) in [5, 5.41) is 23.3. The molecule has 8 heteroatoms. The van der Waals surface area contributed by atoms with Crippen LogP contribution >= 0.6 is 0 Å². The SMILES string of the molecule is COCCCN1CCOc2ccc(CO[C@H]3CNC[C@@H](O)[C@@H]3c3ccc(Oc4cccc(C#N)c4)cc3)cc21. The molecule has 0 amide bonds. The number of methoxy groups -OCH3 is 1. The van der Waals surface area contributed by atoms with Gasteiger partial charge in [-0.1, -0.05) is 24.3 Å². The Kier molecular flexibility index (Phi) is 8.96. The van der Waals surface area contributed by atoms with Crippen LogP contribution in [0.25, 0.3) is 0 Å². The minimum Gasteiger partial charge on any atom is -0.490 e. The highest BCUT2D eigenvalue weighted by atomic mass is 16.5. The molecule has 1 fully saturated rings. The molecule has 0 spiro atoms. The van der Waals surface area contributed by atoms with Crippen LogP contribution in [0.3, 0.4) is 0 Å². The van der Waals surface area contributed by atoms with E-state index in [2.05, 4.69) is 22.4 Å². The number of nitriles is 1. The van der Waals surface area contributed by atoms with Crippen molar-refractivity contribution in [2.45, 2.75) is 31.2 Å². The number of aliphatic hydroxyl groups is 1. The zero-order valence-corrected chi connectivity index (χ0v) is 22.2. The fraction of sp³-hybridized carbons (Fsp3) is 0.387. The molecule has 0 unspecified atom stereocenters. The average molecular weight is 530 g/mol. The lowest BCUT2D eigenvalue weighted by Gasteiger charge is -2.36. The number of aliphatic hydroxyl groups excluding tert-OH is 1. The van der Waals surface area contributed by atoms with Crippen molar-refractivity contribution in [3.63, 3.8) is 0 Å². The van der Waals surface area contributed by atoms with Crippen LogP contribution < -0.4 is 19.7 Å². The Hall–Kier alpha value is -3.61. The third kappa shape index (κ3) is 6.70. The number of piperidine rings is 1. The number of fused-ring (bicyclic) bond motifs is 1. The number of anilines is 1. The number of hydrogen-bond acceptors (Lipinski definition) is 8. The molecule has 0 saturated carbocycles. The highest BCUT2D eigenvalue weighted by Gasteiger charge is 2.34. The highest BCUT2D eigenvalue weighted by Crippen LogP contribution is 2.34. The van der Waals surface area contributed by atoms with Crippen LogP contribution in [-0.2, 0) is 16.1 Å². The van der Waals surface area contributed by atoms with Gasteiger partial charge in [0.05, 0.1) is 42.7 Å². The Bertz CT molecular complexity index is 1280. The van der Waals surface area contributed by atoms with Crippen LogP contribution in [0.2, 0.25) is 0 Å². The maximum atomic E-state index is 10.9. The predicted octanol–water partition coefficient (Wildman–Crippen LogP) is 4.22. The zero-order chi connectivity index (χ0) is 27.0. The molecule has 3 aromatic rings. The van der Waals surface area contributed by atoms with Crippen molar-refractivity contribution in [2.75, 3.05) is 51.4 Å². The molecule has 0 aliphatic carbocycles. The zero-order valence-electron chi connectivity index (χ0n) is 22.2. The summed E-state index contributed by atoms with van der Waals surface area (Å²) in [4.78, 5) is 2.34. The Morgan fingerprint density at radius 1 is 1.08 bits per heavy atom. The number of ether oxygens (including phenoxy) is 4. The molecular weight excluding hydrogens is 494 g/mol. The van der Waals surface area contributed by atoms with E-state index < -0.39 is 6.10 Å². The Morgan fingerprint density at radius 3 is 2.77 bits per heavy atom. The first-order valence-electron chi connectivity index (χ1n) is 13.4. The summed E-state index contributed by atoms with van der Waals surface area (Å²) >= 11 is 0. The van der Waals surface area contributed by atoms with Crippen LogP contribution in [0.4, 0.5) is 5.69 Å². The van der Waals surface area contributed by atoms with Gasteiger partial charge in [-0.05, 0) is 60.0 Å². The third-order valence-electron chi connectivity index (χ3n) is 7.20. The van der Waals surface area contributed by atoms with Crippen molar-refractivity contribution in [1.29, 1.82) is 5.26 Å². The van der Waals surface area contributed by atoms with Gasteiger partial charge in [0, 0.05) is 39.3 Å². The van der Waals surface area contributed by atoms with Crippen LogP contribution in [0.5, 0.6) is 17.2 Å². The fourth-order valence-corrected chi connectivity index (χ4v) is 5.24. The molecule has 204 valence electrons. The molecule has 3 atom stereocenters. The van der Waals surface area contributed by atoms with Crippen LogP contribution in [-0.4, -0.2) is 63.8 Å². The summed E-state index contributed by atoms with van der Waals surface area (Å²) in [5.74, 6) is 2.00. The molecule has 2 N–H and O–H groups in total. The smallest absolute Gasteiger partial charge is 0.142 e. The molecule has 1 saturated heterocycles. The quantitative estimate of drug-likeness (QED) is 0.377. The topological polar surface area (TPSA) is 96.2 Å². The monoisotopic (exact) mass is 529 g/mol. The molecule has 5 rings (SSSR count). The predicted molar refractivity (Wildman–Crippen MR) is 149 cm³/mol. The van der Waals surface area contributed by atoms with Crippen LogP contribution in [0, 0.1) is 11.3 Å². The summed E-state index contributed by atoms with van der Waals surface area (Å²) in [7, 11) is 1.73. The van der Waals surface area contributed by atoms with Crippen molar-refractivity contribution >= 4 is 5.69 Å². The maximum absolute atomic E-state index is 10.9. The standard InChI is InChI=1S/C31H35N3O5/c1-36-14-3-12-34-13-15-37-29-11-6-23(17-27(29)34)21-38-30-20-33-19-28(35)31(30)24-7-9-25(10-8-24)39-26-5-2-4-22(16-26)18-32/h2,4-11,16-17,28,30-31,33,35H,3,12-15,19-21H2,1H3/t28-,30+,31+/m1/s1. The van der Waals surface area contributed by atoms with E-state index in [1.54, 1.807) is 25.3 Å². The Morgan fingerprint density at radius 2 is 1.95 bits per heavy atom. The van der Waals surface area contributed by atoms with E-state index in [9.17, 15) is 5.11 Å². The second-order valence-corrected chi connectivity index (χ2v) is 9.90. The van der Waals surface area contributed by atoms with E-state index in [-0.39, 0.29) is 12.0 Å². The normalized spacial score (nSPS) is 20.5. The summed E-state index contributed by atoms with van der Waals surface area (Å²) < 4.78 is 23.4. The molecule has 2 aliphatic heterocycles. The highest BCUT2D eigenvalue weighted by molar-refractivity contribution is 5.61. The Labute approximate surface area is 229 Å². The van der Waals surface area contributed by atoms with Gasteiger partial charge < -0.3 is 34.3 Å². The average Bonchev–Trinajstić information content (AvgIpc) is 2.97. The van der Waals surface area contributed by atoms with Crippen LogP contribution in [0.1, 0.15) is 29.0 Å². The van der Waals surface area contributed by atoms with Crippen molar-refractivity contribution in [3.05, 3.63) is 83.4 Å². The van der Waals surface area contributed by atoms with E-state index in [0.29, 0.717) is 43.4 Å². The van der Waals surface area contributed by atoms with Gasteiger partial charge in [0.1, 0.15) is 23.9 Å². The molecule has 2 aliphatic rings. The van der Waals surface area contributed by atoms with Gasteiger partial charge in [0.25, 0.3) is 0 Å². The minimum absolute atomic E-state index is 0.172. The fourth-order valence-electron chi connectivity index (χ4n) is 5.24. The largest absolute Gasteiger partial charge is 0.490 e. The lowest BCUT2D eigenvalue weighted by atomic mass is 9.85. The lowest BCUT2D eigenvalue weighted by molar-refractivity contribution is -0.0328. The van der Waals surface area contributed by atoms with Gasteiger partial charge in [0.15, 0.2) is 0 Å². The number of nitrogens with zero attached hydrogens (tertiary/aromatic N) is 2. The van der Waals surface area contributed by atoms with E-state index in [0.717, 1.165) is 48.7 Å². The van der Waals surface area contributed by atoms with E-state index in [1.807, 2.05) is 42.5 Å². The first-order chi connectivity index (χ1) is 19.1. The van der Waals surface area contributed by atoms with Gasteiger partial charge in [-0.3, -0.25) is 0 Å². The first-order valence-corrected chi connectivity index (χ1v) is 13.4. The number of rotatable bonds is 10. The molecule has 3 aromatic carbocycles. The van der Waals surface area contributed by atoms with Gasteiger partial charge in [0.2, 0.25) is 0 Å². The second kappa shape index (κ2) is 13.0. The van der Waals surface area contributed by atoms with Gasteiger partial charge in [-0.15, -0.1) is 0 Å². The van der Waals surface area contributed by atoms with Crippen LogP contribution in [0.15, 0.2) is 66.7 Å². The molecule has 0 aromatic heterocycles. The third-order valence-corrected chi connectivity index (χ3v) is 7.20. The molecule has 0 bridgehead atoms. The second-order valence-electron chi connectivity index (χ2n) is 9.90. The number of β-amino-alcohol motifs (C(OH)–C–C–N with tert-alkyl or cyclic N) is 1. The molecule has 39 heavy (non-hydrogen) atoms. The number of benzene rings is 3. The first kappa shape index (κ1) is 27.0. The summed E-state index contributed by atoms with van der Waals surface area (Å²) in [6.45, 7) is 4.78.